The summed E-state index contributed by atoms with van der Waals surface area (Å²) in [7, 11) is 3.18. The third-order valence-corrected chi connectivity index (χ3v) is 8.11. The van der Waals surface area contributed by atoms with E-state index in [0.29, 0.717) is 16.7 Å². The highest BCUT2D eigenvalue weighted by atomic mass is 16.3. The lowest BCUT2D eigenvalue weighted by Crippen LogP contribution is -2.63. The predicted molar refractivity (Wildman–Crippen MR) is 137 cm³/mol. The standard InChI is InChI=1S/C28H29N3O7/c1-31(2)21-17-10-13-8-16-15(12-6-4-3-5-7-12)9-14(11-29)22(32)19(16)23(33)18(13)25(35)28(17,38)26(36)20(24(21)34)27(30)37/h3-7,9,13,17,21,32,34-35,38H,8,10-11,29H2,1-2H3,(H2,30,37). The third-order valence-electron chi connectivity index (χ3n) is 8.11. The summed E-state index contributed by atoms with van der Waals surface area (Å²) in [4.78, 5) is 41.0. The number of hydrogen-bond donors (Lipinski definition) is 6. The number of phenols is 1. The van der Waals surface area contributed by atoms with E-state index >= 15 is 0 Å². The number of nitrogens with zero attached hydrogens (tertiary/aromatic N) is 1. The molecule has 0 radical (unpaired) electrons. The number of nitrogens with two attached hydrogens (primary N) is 2. The number of ketones is 2. The van der Waals surface area contributed by atoms with E-state index in [0.717, 1.165) is 5.56 Å². The van der Waals surface area contributed by atoms with Gasteiger partial charge in [0.2, 0.25) is 5.78 Å². The van der Waals surface area contributed by atoms with E-state index < -0.39 is 58.0 Å². The first-order valence-corrected chi connectivity index (χ1v) is 12.2. The first kappa shape index (κ1) is 25.7. The number of hydrogen-bond acceptors (Lipinski definition) is 9. The zero-order valence-electron chi connectivity index (χ0n) is 20.9. The van der Waals surface area contributed by atoms with Gasteiger partial charge in [-0.05, 0) is 55.6 Å². The number of fused-ring (bicyclic) bond motifs is 3. The summed E-state index contributed by atoms with van der Waals surface area (Å²) in [6.45, 7) is -0.0538. The second-order valence-electron chi connectivity index (χ2n) is 10.3. The quantitative estimate of drug-likeness (QED) is 0.323. The molecule has 8 N–H and O–H groups in total. The maximum Gasteiger partial charge on any atom is 0.255 e. The van der Waals surface area contributed by atoms with Crippen LogP contribution in [0.15, 0.2) is 59.1 Å². The molecule has 0 saturated heterocycles. The van der Waals surface area contributed by atoms with E-state index in [4.69, 9.17) is 11.5 Å². The largest absolute Gasteiger partial charge is 0.510 e. The summed E-state index contributed by atoms with van der Waals surface area (Å²) in [5, 5.41) is 45.0. The van der Waals surface area contributed by atoms with Crippen molar-refractivity contribution in [2.24, 2.45) is 23.3 Å². The Balaban J connectivity index is 1.76. The maximum absolute atomic E-state index is 13.9. The maximum atomic E-state index is 13.9. The lowest BCUT2D eigenvalue weighted by Gasteiger charge is -2.50. The SMILES string of the molecule is CN(C)C1C(O)=C(C(N)=O)C(=O)C2(O)C(O)=C3C(=O)c4c(O)c(CN)cc(-c5ccccc5)c4CC3CC12. The predicted octanol–water partition coefficient (Wildman–Crippen LogP) is 1.25. The van der Waals surface area contributed by atoms with E-state index in [2.05, 4.69) is 0 Å². The molecular weight excluding hydrogens is 490 g/mol. The molecule has 0 aromatic heterocycles. The van der Waals surface area contributed by atoms with Crippen molar-refractivity contribution >= 4 is 17.5 Å². The van der Waals surface area contributed by atoms with Crippen LogP contribution >= 0.6 is 0 Å². The molecule has 10 heteroatoms. The Bertz CT molecular complexity index is 1460. The molecule has 0 fully saturated rings. The van der Waals surface area contributed by atoms with E-state index in [1.165, 1.54) is 4.90 Å². The molecule has 0 aliphatic heterocycles. The van der Waals surface area contributed by atoms with Crippen LogP contribution < -0.4 is 11.5 Å². The van der Waals surface area contributed by atoms with Crippen molar-refractivity contribution in [1.82, 2.24) is 4.90 Å². The molecule has 3 aliphatic carbocycles. The molecule has 198 valence electrons. The summed E-state index contributed by atoms with van der Waals surface area (Å²) in [5.41, 5.74) is 9.87. The van der Waals surface area contributed by atoms with Crippen LogP contribution in [0.1, 0.15) is 27.9 Å². The Labute approximate surface area is 218 Å². The van der Waals surface area contributed by atoms with Gasteiger partial charge in [-0.3, -0.25) is 19.3 Å². The number of carbonyl (C=O) groups excluding carboxylic acids is 3. The van der Waals surface area contributed by atoms with E-state index in [1.807, 2.05) is 30.3 Å². The number of benzene rings is 2. The summed E-state index contributed by atoms with van der Waals surface area (Å²) < 4.78 is 0. The van der Waals surface area contributed by atoms with Gasteiger partial charge in [-0.15, -0.1) is 0 Å². The number of amides is 1. The van der Waals surface area contributed by atoms with E-state index in [9.17, 15) is 34.8 Å². The van der Waals surface area contributed by atoms with Crippen molar-refractivity contribution in [2.45, 2.75) is 31.0 Å². The Kier molecular flexibility index (Phi) is 5.94. The summed E-state index contributed by atoms with van der Waals surface area (Å²) >= 11 is 0. The fraction of sp³-hybridized carbons (Fsp3) is 0.321. The molecular formula is C28H29N3O7. The van der Waals surface area contributed by atoms with Crippen LogP contribution in [-0.2, 0) is 22.6 Å². The molecule has 0 saturated carbocycles. The van der Waals surface area contributed by atoms with E-state index in [1.54, 1.807) is 20.2 Å². The highest BCUT2D eigenvalue weighted by Gasteiger charge is 2.63. The smallest absolute Gasteiger partial charge is 0.255 e. The molecule has 10 nitrogen and oxygen atoms in total. The zero-order valence-corrected chi connectivity index (χ0v) is 20.9. The Morgan fingerprint density at radius 2 is 1.79 bits per heavy atom. The van der Waals surface area contributed by atoms with Gasteiger partial charge in [-0.1, -0.05) is 30.3 Å². The lowest BCUT2D eigenvalue weighted by atomic mass is 9.58. The number of rotatable bonds is 4. The van der Waals surface area contributed by atoms with Crippen molar-refractivity contribution in [1.29, 1.82) is 0 Å². The van der Waals surface area contributed by atoms with Crippen LogP contribution in [0.2, 0.25) is 0 Å². The van der Waals surface area contributed by atoms with Crippen molar-refractivity contribution in [3.63, 3.8) is 0 Å². The number of primary amides is 1. The van der Waals surface area contributed by atoms with Crippen LogP contribution in [-0.4, -0.2) is 68.5 Å². The molecule has 1 amide bonds. The number of aliphatic hydroxyl groups excluding tert-OH is 2. The van der Waals surface area contributed by atoms with Crippen LogP contribution in [0, 0.1) is 11.8 Å². The zero-order chi connectivity index (χ0) is 27.7. The minimum absolute atomic E-state index is 0.0272. The average Bonchev–Trinajstić information content (AvgIpc) is 2.86. The van der Waals surface area contributed by atoms with Gasteiger partial charge in [-0.25, -0.2) is 0 Å². The van der Waals surface area contributed by atoms with Gasteiger partial charge >= 0.3 is 0 Å². The molecule has 3 aliphatic rings. The van der Waals surface area contributed by atoms with Gasteiger partial charge in [0, 0.05) is 23.6 Å². The Hall–Kier alpha value is -3.99. The number of aromatic hydroxyl groups is 1. The molecule has 0 bridgehead atoms. The lowest BCUT2D eigenvalue weighted by molar-refractivity contribution is -0.148. The number of phenolic OH excluding ortho intramolecular Hbond substituents is 1. The monoisotopic (exact) mass is 519 g/mol. The molecule has 2 aromatic rings. The number of aliphatic hydroxyl groups is 3. The van der Waals surface area contributed by atoms with Crippen LogP contribution in [0.5, 0.6) is 5.75 Å². The van der Waals surface area contributed by atoms with Crippen molar-refractivity contribution < 1.29 is 34.8 Å². The summed E-state index contributed by atoms with van der Waals surface area (Å²) in [6, 6.07) is 9.99. The molecule has 4 atom stereocenters. The molecule has 4 unspecified atom stereocenters. The van der Waals surface area contributed by atoms with Crippen LogP contribution in [0.3, 0.4) is 0 Å². The number of Topliss-reactive ketones (excluding diaryl/α,β-unsaturated/α-hetero) is 2. The first-order chi connectivity index (χ1) is 17.9. The summed E-state index contributed by atoms with van der Waals surface area (Å²) in [6.07, 6.45) is 0.233. The van der Waals surface area contributed by atoms with Gasteiger partial charge in [0.05, 0.1) is 11.6 Å². The number of allylic oxidation sites excluding steroid dienone is 1. The third kappa shape index (κ3) is 3.34. The molecule has 2 aromatic carbocycles. The summed E-state index contributed by atoms with van der Waals surface area (Å²) in [5.74, 6) is -6.80. The van der Waals surface area contributed by atoms with Crippen LogP contribution in [0.4, 0.5) is 0 Å². The van der Waals surface area contributed by atoms with Gasteiger partial charge in [0.25, 0.3) is 5.91 Å². The fourth-order valence-electron chi connectivity index (χ4n) is 6.41. The van der Waals surface area contributed by atoms with Gasteiger partial charge in [0.1, 0.15) is 22.8 Å². The second-order valence-corrected chi connectivity index (χ2v) is 10.3. The fourth-order valence-corrected chi connectivity index (χ4v) is 6.41. The molecule has 0 spiro atoms. The van der Waals surface area contributed by atoms with Crippen molar-refractivity contribution in [2.75, 3.05) is 14.1 Å². The normalized spacial score (nSPS) is 26.8. The number of carbonyl (C=O) groups is 3. The molecule has 0 heterocycles. The number of likely N-dealkylation sites (N-methyl/N-ethyl adjacent to an activating group) is 1. The topological polar surface area (TPSA) is 187 Å². The minimum Gasteiger partial charge on any atom is -0.510 e. The Morgan fingerprint density at radius 1 is 1.13 bits per heavy atom. The molecule has 5 rings (SSSR count). The van der Waals surface area contributed by atoms with Gasteiger partial charge in [-0.2, -0.15) is 0 Å². The van der Waals surface area contributed by atoms with Gasteiger partial charge < -0.3 is 31.9 Å². The Morgan fingerprint density at radius 3 is 2.37 bits per heavy atom. The van der Waals surface area contributed by atoms with Crippen LogP contribution in [0.25, 0.3) is 11.1 Å². The highest BCUT2D eigenvalue weighted by Crippen LogP contribution is 2.53. The average molecular weight is 520 g/mol. The van der Waals surface area contributed by atoms with Crippen molar-refractivity contribution in [3.8, 4) is 16.9 Å². The molecule has 38 heavy (non-hydrogen) atoms. The van der Waals surface area contributed by atoms with E-state index in [-0.39, 0.29) is 36.3 Å². The van der Waals surface area contributed by atoms with Crippen molar-refractivity contribution in [3.05, 3.63) is 75.8 Å². The van der Waals surface area contributed by atoms with Gasteiger partial charge in [0.15, 0.2) is 11.4 Å². The first-order valence-electron chi connectivity index (χ1n) is 12.2. The second kappa shape index (κ2) is 8.80. The minimum atomic E-state index is -2.67. The highest BCUT2D eigenvalue weighted by molar-refractivity contribution is 6.25.